The number of rotatable bonds is 5. The molecular formula is C22H24N2O5. The molecule has 1 fully saturated rings. The van der Waals surface area contributed by atoms with Crippen molar-refractivity contribution in [2.75, 3.05) is 32.8 Å². The molecule has 1 saturated heterocycles. The molecular weight excluding hydrogens is 372 g/mol. The fraction of sp³-hybridized carbons (Fsp3) is 0.364. The van der Waals surface area contributed by atoms with Gasteiger partial charge in [-0.2, -0.15) is 0 Å². The average Bonchev–Trinajstić information content (AvgIpc) is 3.05. The molecule has 2 aliphatic heterocycles. The second kappa shape index (κ2) is 7.75. The maximum Gasteiger partial charge on any atom is 0.251 e. The highest BCUT2D eigenvalue weighted by atomic mass is 16.5. The monoisotopic (exact) mass is 396 g/mol. The number of amides is 2. The number of benzene rings is 2. The van der Waals surface area contributed by atoms with Crippen LogP contribution in [-0.4, -0.2) is 50.6 Å². The summed E-state index contributed by atoms with van der Waals surface area (Å²) < 4.78 is 16.1. The van der Waals surface area contributed by atoms with Crippen molar-refractivity contribution < 1.29 is 23.8 Å². The molecule has 7 nitrogen and oxygen atoms in total. The van der Waals surface area contributed by atoms with E-state index in [9.17, 15) is 9.59 Å². The van der Waals surface area contributed by atoms with Gasteiger partial charge in [-0.25, -0.2) is 4.90 Å². The lowest BCUT2D eigenvalue weighted by molar-refractivity contribution is -0.123. The fourth-order valence-electron chi connectivity index (χ4n) is 4.14. The van der Waals surface area contributed by atoms with Crippen LogP contribution in [-0.2, 0) is 22.6 Å². The first-order valence-corrected chi connectivity index (χ1v) is 9.55. The fourth-order valence-corrected chi connectivity index (χ4v) is 4.14. The maximum atomic E-state index is 13.2. The van der Waals surface area contributed by atoms with Crippen molar-refractivity contribution in [2.45, 2.75) is 25.4 Å². The normalized spacial score (nSPS) is 19.3. The Morgan fingerprint density at radius 2 is 1.55 bits per heavy atom. The van der Waals surface area contributed by atoms with Gasteiger partial charge in [0.05, 0.1) is 39.5 Å². The lowest BCUT2D eigenvalue weighted by atomic mass is 9.97. The summed E-state index contributed by atoms with van der Waals surface area (Å²) in [7, 11) is 4.76. The number of carbonyl (C=O) groups excluding carboxylic acids is 2. The van der Waals surface area contributed by atoms with Gasteiger partial charge in [0, 0.05) is 13.1 Å². The third-order valence-electron chi connectivity index (χ3n) is 5.64. The van der Waals surface area contributed by atoms with Crippen LogP contribution in [0.4, 0.5) is 5.69 Å². The lowest BCUT2D eigenvalue weighted by Gasteiger charge is -2.32. The predicted octanol–water partition coefficient (Wildman–Crippen LogP) is 2.40. The van der Waals surface area contributed by atoms with Crippen molar-refractivity contribution in [3.63, 3.8) is 0 Å². The maximum absolute atomic E-state index is 13.2. The topological polar surface area (TPSA) is 68.3 Å². The van der Waals surface area contributed by atoms with Crippen molar-refractivity contribution in [3.05, 3.63) is 47.5 Å². The van der Waals surface area contributed by atoms with Gasteiger partial charge >= 0.3 is 0 Å². The van der Waals surface area contributed by atoms with Gasteiger partial charge in [0.25, 0.3) is 5.91 Å². The molecule has 1 atom stereocenters. The molecule has 0 unspecified atom stereocenters. The zero-order valence-corrected chi connectivity index (χ0v) is 16.8. The van der Waals surface area contributed by atoms with Crippen LogP contribution in [0.2, 0.25) is 0 Å². The summed E-state index contributed by atoms with van der Waals surface area (Å²) in [5.41, 5.74) is 2.76. The molecule has 2 aromatic carbocycles. The molecule has 0 N–H and O–H groups in total. The highest BCUT2D eigenvalue weighted by molar-refractivity contribution is 6.23. The van der Waals surface area contributed by atoms with E-state index in [0.29, 0.717) is 36.0 Å². The Labute approximate surface area is 169 Å². The number of fused-ring (bicyclic) bond motifs is 1. The minimum absolute atomic E-state index is 0.166. The summed E-state index contributed by atoms with van der Waals surface area (Å²) >= 11 is 0. The molecule has 2 aliphatic rings. The summed E-state index contributed by atoms with van der Waals surface area (Å²) in [6.07, 6.45) is 0.946. The Kier molecular flexibility index (Phi) is 5.15. The Morgan fingerprint density at radius 3 is 2.24 bits per heavy atom. The third-order valence-corrected chi connectivity index (χ3v) is 5.64. The van der Waals surface area contributed by atoms with Gasteiger partial charge in [0.15, 0.2) is 11.5 Å². The molecule has 0 bridgehead atoms. The number of nitrogens with zero attached hydrogens (tertiary/aromatic N) is 2. The third kappa shape index (κ3) is 3.31. The summed E-state index contributed by atoms with van der Waals surface area (Å²) in [5.74, 6) is 1.47. The van der Waals surface area contributed by atoms with E-state index in [4.69, 9.17) is 14.2 Å². The Morgan fingerprint density at radius 1 is 0.897 bits per heavy atom. The molecule has 4 rings (SSSR count). The quantitative estimate of drug-likeness (QED) is 0.723. The van der Waals surface area contributed by atoms with Crippen molar-refractivity contribution in [1.29, 1.82) is 0 Å². The van der Waals surface area contributed by atoms with E-state index in [1.165, 1.54) is 17.6 Å². The molecule has 2 aromatic rings. The minimum Gasteiger partial charge on any atom is -0.495 e. The van der Waals surface area contributed by atoms with E-state index in [1.807, 2.05) is 18.2 Å². The van der Waals surface area contributed by atoms with Gasteiger partial charge < -0.3 is 14.2 Å². The van der Waals surface area contributed by atoms with Crippen LogP contribution in [0.1, 0.15) is 17.5 Å². The first-order chi connectivity index (χ1) is 14.1. The van der Waals surface area contributed by atoms with Crippen molar-refractivity contribution >= 4 is 17.5 Å². The SMILES string of the molecule is COc1cc2c(cc1OC)CN([C@H]1CC(=O)N(c3ccccc3OC)C1=O)CC2. The van der Waals surface area contributed by atoms with E-state index < -0.39 is 6.04 Å². The van der Waals surface area contributed by atoms with Crippen molar-refractivity contribution in [2.24, 2.45) is 0 Å². The van der Waals surface area contributed by atoms with E-state index in [1.54, 1.807) is 32.4 Å². The summed E-state index contributed by atoms with van der Waals surface area (Å²) in [6, 6.07) is 10.6. The van der Waals surface area contributed by atoms with Crippen LogP contribution >= 0.6 is 0 Å². The summed E-state index contributed by atoms with van der Waals surface area (Å²) in [6.45, 7) is 1.28. The molecule has 2 heterocycles. The van der Waals surface area contributed by atoms with Gasteiger partial charge in [-0.05, 0) is 41.8 Å². The van der Waals surface area contributed by atoms with Crippen LogP contribution in [0.3, 0.4) is 0 Å². The summed E-state index contributed by atoms with van der Waals surface area (Å²) in [4.78, 5) is 29.2. The number of para-hydroxylation sites is 2. The van der Waals surface area contributed by atoms with Gasteiger partial charge in [-0.1, -0.05) is 12.1 Å². The molecule has 0 saturated carbocycles. The molecule has 29 heavy (non-hydrogen) atoms. The zero-order valence-electron chi connectivity index (χ0n) is 16.8. The van der Waals surface area contributed by atoms with Crippen LogP contribution in [0.15, 0.2) is 36.4 Å². The van der Waals surface area contributed by atoms with Crippen LogP contribution in [0, 0.1) is 0 Å². The Bertz CT molecular complexity index is 958. The lowest BCUT2D eigenvalue weighted by Crippen LogP contribution is -2.44. The predicted molar refractivity (Wildman–Crippen MR) is 108 cm³/mol. The number of imide groups is 1. The average molecular weight is 396 g/mol. The Balaban J connectivity index is 1.59. The standard InChI is InChI=1S/C22H24N2O5/c1-27-18-7-5-4-6-16(18)24-21(25)12-17(22(24)26)23-9-8-14-10-19(28-2)20(29-3)11-15(14)13-23/h4-7,10-11,17H,8-9,12-13H2,1-3H3/t17-/m0/s1. The number of methoxy groups -OCH3 is 3. The number of hydrogen-bond acceptors (Lipinski definition) is 6. The van der Waals surface area contributed by atoms with Crippen LogP contribution in [0.5, 0.6) is 17.2 Å². The molecule has 7 heteroatoms. The van der Waals surface area contributed by atoms with E-state index in [2.05, 4.69) is 4.90 Å². The molecule has 0 aromatic heterocycles. The van der Waals surface area contributed by atoms with Crippen molar-refractivity contribution in [1.82, 2.24) is 4.90 Å². The molecule has 0 radical (unpaired) electrons. The van der Waals surface area contributed by atoms with E-state index in [-0.39, 0.29) is 18.2 Å². The second-order valence-corrected chi connectivity index (χ2v) is 7.16. The van der Waals surface area contributed by atoms with E-state index in [0.717, 1.165) is 12.0 Å². The molecule has 0 spiro atoms. The highest BCUT2D eigenvalue weighted by Crippen LogP contribution is 2.36. The largest absolute Gasteiger partial charge is 0.495 e. The number of ether oxygens (including phenoxy) is 3. The first kappa shape index (κ1) is 19.3. The number of hydrogen-bond donors (Lipinski definition) is 0. The van der Waals surface area contributed by atoms with Crippen molar-refractivity contribution in [3.8, 4) is 17.2 Å². The zero-order chi connectivity index (χ0) is 20.5. The van der Waals surface area contributed by atoms with Gasteiger partial charge in [-0.3, -0.25) is 14.5 Å². The number of carbonyl (C=O) groups is 2. The van der Waals surface area contributed by atoms with Crippen LogP contribution in [0.25, 0.3) is 0 Å². The summed E-state index contributed by atoms with van der Waals surface area (Å²) in [5, 5.41) is 0. The molecule has 2 amide bonds. The van der Waals surface area contributed by atoms with Crippen LogP contribution < -0.4 is 19.1 Å². The van der Waals surface area contributed by atoms with E-state index >= 15 is 0 Å². The first-order valence-electron chi connectivity index (χ1n) is 9.55. The Hall–Kier alpha value is -3.06. The highest BCUT2D eigenvalue weighted by Gasteiger charge is 2.44. The second-order valence-electron chi connectivity index (χ2n) is 7.16. The molecule has 152 valence electrons. The van der Waals surface area contributed by atoms with Gasteiger partial charge in [-0.15, -0.1) is 0 Å². The molecule has 0 aliphatic carbocycles. The number of anilines is 1. The smallest absolute Gasteiger partial charge is 0.251 e. The minimum atomic E-state index is -0.478. The van der Waals surface area contributed by atoms with Gasteiger partial charge in [0.1, 0.15) is 5.75 Å². The van der Waals surface area contributed by atoms with Gasteiger partial charge in [0.2, 0.25) is 5.91 Å².